The molecule has 2 aromatic rings. The van der Waals surface area contributed by atoms with Crippen LogP contribution in [0.25, 0.3) is 0 Å². The van der Waals surface area contributed by atoms with E-state index >= 15 is 0 Å². The maximum atomic E-state index is 12.6. The van der Waals surface area contributed by atoms with Gasteiger partial charge in [-0.2, -0.15) is 0 Å². The molecular formula is C22H30N2O3. The Labute approximate surface area is 162 Å². The molecule has 146 valence electrons. The first-order chi connectivity index (χ1) is 13.0. The van der Waals surface area contributed by atoms with Crippen LogP contribution in [0.3, 0.4) is 0 Å². The number of hydrogen-bond donors (Lipinski definition) is 1. The lowest BCUT2D eigenvalue weighted by molar-refractivity contribution is 0.0934. The number of benzene rings is 2. The van der Waals surface area contributed by atoms with Gasteiger partial charge in [0.15, 0.2) is 0 Å². The summed E-state index contributed by atoms with van der Waals surface area (Å²) in [5, 5.41) is 3.07. The average molecular weight is 370 g/mol. The number of amides is 1. The van der Waals surface area contributed by atoms with Crippen molar-refractivity contribution in [1.29, 1.82) is 0 Å². The van der Waals surface area contributed by atoms with Crippen LogP contribution < -0.4 is 14.8 Å². The quantitative estimate of drug-likeness (QED) is 0.697. The zero-order chi connectivity index (χ0) is 19.6. The number of nitrogens with one attached hydrogen (secondary N) is 1. The molecule has 5 nitrogen and oxygen atoms in total. The molecule has 2 rings (SSSR count). The fraction of sp³-hybridized carbons (Fsp3) is 0.409. The standard InChI is InChI=1S/C22H30N2O3/c1-17(9-10-18-11-13-19(26-4)14-12-18)23-22(25)20-7-5-6-8-21(20)27-16-15-24(2)3/h5-8,11-14,17H,9-10,15-16H2,1-4H3,(H,23,25). The molecule has 0 saturated heterocycles. The van der Waals surface area contributed by atoms with Gasteiger partial charge in [0.05, 0.1) is 12.7 Å². The number of rotatable bonds is 10. The summed E-state index contributed by atoms with van der Waals surface area (Å²) in [5.41, 5.74) is 1.80. The number of aryl methyl sites for hydroxylation is 1. The van der Waals surface area contributed by atoms with E-state index in [1.54, 1.807) is 13.2 Å². The zero-order valence-electron chi connectivity index (χ0n) is 16.7. The number of ether oxygens (including phenoxy) is 2. The average Bonchev–Trinajstić information content (AvgIpc) is 2.67. The lowest BCUT2D eigenvalue weighted by Gasteiger charge is -2.17. The summed E-state index contributed by atoms with van der Waals surface area (Å²) < 4.78 is 11.0. The Balaban J connectivity index is 1.88. The number of para-hydroxylation sites is 1. The van der Waals surface area contributed by atoms with Crippen molar-refractivity contribution in [1.82, 2.24) is 10.2 Å². The SMILES string of the molecule is COc1ccc(CCC(C)NC(=O)c2ccccc2OCCN(C)C)cc1. The van der Waals surface area contributed by atoms with E-state index in [2.05, 4.69) is 17.4 Å². The van der Waals surface area contributed by atoms with Gasteiger partial charge in [0.25, 0.3) is 5.91 Å². The highest BCUT2D eigenvalue weighted by Crippen LogP contribution is 2.18. The molecule has 2 aromatic carbocycles. The smallest absolute Gasteiger partial charge is 0.255 e. The lowest BCUT2D eigenvalue weighted by Crippen LogP contribution is -2.33. The third-order valence-electron chi connectivity index (χ3n) is 4.33. The Bertz CT molecular complexity index is 714. The van der Waals surface area contributed by atoms with Gasteiger partial charge in [-0.3, -0.25) is 4.79 Å². The highest BCUT2D eigenvalue weighted by Gasteiger charge is 2.14. The molecule has 0 radical (unpaired) electrons. The van der Waals surface area contributed by atoms with E-state index in [4.69, 9.17) is 9.47 Å². The molecule has 0 saturated carbocycles. The largest absolute Gasteiger partial charge is 0.497 e. The fourth-order valence-corrected chi connectivity index (χ4v) is 2.67. The summed E-state index contributed by atoms with van der Waals surface area (Å²) in [5.74, 6) is 1.38. The molecular weight excluding hydrogens is 340 g/mol. The van der Waals surface area contributed by atoms with Gasteiger partial charge in [0, 0.05) is 12.6 Å². The third kappa shape index (κ3) is 6.94. The van der Waals surface area contributed by atoms with E-state index in [1.807, 2.05) is 56.3 Å². The first-order valence-corrected chi connectivity index (χ1v) is 9.30. The van der Waals surface area contributed by atoms with Crippen molar-refractivity contribution in [2.75, 3.05) is 34.4 Å². The summed E-state index contributed by atoms with van der Waals surface area (Å²) in [6.45, 7) is 3.37. The Kier molecular flexibility index (Phi) is 8.14. The van der Waals surface area contributed by atoms with Gasteiger partial charge >= 0.3 is 0 Å². The van der Waals surface area contributed by atoms with Crippen LogP contribution in [0.4, 0.5) is 0 Å². The third-order valence-corrected chi connectivity index (χ3v) is 4.33. The van der Waals surface area contributed by atoms with Gasteiger partial charge in [-0.1, -0.05) is 24.3 Å². The Morgan fingerprint density at radius 3 is 2.48 bits per heavy atom. The summed E-state index contributed by atoms with van der Waals surface area (Å²) in [7, 11) is 5.65. The first-order valence-electron chi connectivity index (χ1n) is 9.30. The topological polar surface area (TPSA) is 50.8 Å². The zero-order valence-corrected chi connectivity index (χ0v) is 16.7. The number of methoxy groups -OCH3 is 1. The molecule has 1 amide bonds. The molecule has 0 aliphatic carbocycles. The molecule has 0 spiro atoms. The molecule has 0 aromatic heterocycles. The van der Waals surface area contributed by atoms with E-state index in [-0.39, 0.29) is 11.9 Å². The Hall–Kier alpha value is -2.53. The fourth-order valence-electron chi connectivity index (χ4n) is 2.67. The Morgan fingerprint density at radius 2 is 1.81 bits per heavy atom. The van der Waals surface area contributed by atoms with Crippen LogP contribution in [0.5, 0.6) is 11.5 Å². The van der Waals surface area contributed by atoms with E-state index in [9.17, 15) is 4.79 Å². The van der Waals surface area contributed by atoms with Crippen LogP contribution in [0.2, 0.25) is 0 Å². The van der Waals surface area contributed by atoms with Gasteiger partial charge in [0.2, 0.25) is 0 Å². The van der Waals surface area contributed by atoms with Crippen molar-refractivity contribution in [3.63, 3.8) is 0 Å². The molecule has 0 aliphatic heterocycles. The summed E-state index contributed by atoms with van der Waals surface area (Å²) in [6.07, 6.45) is 1.76. The predicted molar refractivity (Wildman–Crippen MR) is 109 cm³/mol. The highest BCUT2D eigenvalue weighted by atomic mass is 16.5. The van der Waals surface area contributed by atoms with Gasteiger partial charge < -0.3 is 19.7 Å². The monoisotopic (exact) mass is 370 g/mol. The van der Waals surface area contributed by atoms with Crippen LogP contribution in [0, 0.1) is 0 Å². The molecule has 1 unspecified atom stereocenters. The van der Waals surface area contributed by atoms with Crippen molar-refractivity contribution in [2.24, 2.45) is 0 Å². The Morgan fingerprint density at radius 1 is 1.11 bits per heavy atom. The minimum absolute atomic E-state index is 0.0643. The number of hydrogen-bond acceptors (Lipinski definition) is 4. The molecule has 1 N–H and O–H groups in total. The predicted octanol–water partition coefficient (Wildman–Crippen LogP) is 3.39. The lowest BCUT2D eigenvalue weighted by atomic mass is 10.1. The van der Waals surface area contributed by atoms with Crippen LogP contribution in [0.15, 0.2) is 48.5 Å². The molecule has 0 aliphatic rings. The van der Waals surface area contributed by atoms with Crippen LogP contribution in [0.1, 0.15) is 29.3 Å². The van der Waals surface area contributed by atoms with E-state index in [0.29, 0.717) is 17.9 Å². The van der Waals surface area contributed by atoms with Crippen LogP contribution in [-0.4, -0.2) is 51.2 Å². The normalized spacial score (nSPS) is 11.9. The second-order valence-corrected chi connectivity index (χ2v) is 6.91. The van der Waals surface area contributed by atoms with E-state index in [1.165, 1.54) is 5.56 Å². The van der Waals surface area contributed by atoms with Gasteiger partial charge in [0.1, 0.15) is 18.1 Å². The van der Waals surface area contributed by atoms with Crippen LogP contribution >= 0.6 is 0 Å². The minimum Gasteiger partial charge on any atom is -0.497 e. The summed E-state index contributed by atoms with van der Waals surface area (Å²) in [6, 6.07) is 15.5. The van der Waals surface area contributed by atoms with Crippen LogP contribution in [-0.2, 0) is 6.42 Å². The van der Waals surface area contributed by atoms with Crippen molar-refractivity contribution in [3.8, 4) is 11.5 Å². The second-order valence-electron chi connectivity index (χ2n) is 6.91. The maximum Gasteiger partial charge on any atom is 0.255 e. The first kappa shape index (κ1) is 20.8. The number of likely N-dealkylation sites (N-methyl/N-ethyl adjacent to an activating group) is 1. The molecule has 0 fully saturated rings. The molecule has 27 heavy (non-hydrogen) atoms. The summed E-state index contributed by atoms with van der Waals surface area (Å²) >= 11 is 0. The number of carbonyl (C=O) groups excluding carboxylic acids is 1. The number of carbonyl (C=O) groups is 1. The molecule has 5 heteroatoms. The minimum atomic E-state index is -0.0994. The van der Waals surface area contributed by atoms with Gasteiger partial charge in [-0.15, -0.1) is 0 Å². The van der Waals surface area contributed by atoms with Crippen molar-refractivity contribution < 1.29 is 14.3 Å². The van der Waals surface area contributed by atoms with E-state index < -0.39 is 0 Å². The maximum absolute atomic E-state index is 12.6. The molecule has 1 atom stereocenters. The van der Waals surface area contributed by atoms with Crippen molar-refractivity contribution in [2.45, 2.75) is 25.8 Å². The van der Waals surface area contributed by atoms with Crippen molar-refractivity contribution in [3.05, 3.63) is 59.7 Å². The van der Waals surface area contributed by atoms with Gasteiger partial charge in [-0.25, -0.2) is 0 Å². The number of nitrogens with zero attached hydrogens (tertiary/aromatic N) is 1. The van der Waals surface area contributed by atoms with Crippen molar-refractivity contribution >= 4 is 5.91 Å². The van der Waals surface area contributed by atoms with Gasteiger partial charge in [-0.05, 0) is 63.7 Å². The second kappa shape index (κ2) is 10.6. The summed E-state index contributed by atoms with van der Waals surface area (Å²) in [4.78, 5) is 14.7. The highest BCUT2D eigenvalue weighted by molar-refractivity contribution is 5.97. The molecule has 0 bridgehead atoms. The molecule has 0 heterocycles. The van der Waals surface area contributed by atoms with E-state index in [0.717, 1.165) is 25.1 Å².